The lowest BCUT2D eigenvalue weighted by Crippen LogP contribution is -2.36. The molecule has 192 valence electrons. The van der Waals surface area contributed by atoms with Gasteiger partial charge in [-0.3, -0.25) is 9.78 Å². The predicted molar refractivity (Wildman–Crippen MR) is 127 cm³/mol. The maximum atomic E-state index is 13.0. The van der Waals surface area contributed by atoms with Crippen LogP contribution in [-0.4, -0.2) is 37.7 Å². The molecule has 6 nitrogen and oxygen atoms in total. The molecule has 0 saturated carbocycles. The number of halogens is 5. The topological polar surface area (TPSA) is 72.5 Å². The molecular formula is C25H24ClF4N3O3. The van der Waals surface area contributed by atoms with Gasteiger partial charge in [0.1, 0.15) is 6.04 Å². The number of carbonyl (C=O) groups excluding carboxylic acids is 1. The summed E-state index contributed by atoms with van der Waals surface area (Å²) in [4.78, 5) is 16.8. The van der Waals surface area contributed by atoms with Crippen LogP contribution < -0.4 is 20.1 Å². The van der Waals surface area contributed by atoms with Gasteiger partial charge in [0.15, 0.2) is 11.5 Å². The molecule has 0 saturated heterocycles. The molecule has 2 N–H and O–H groups in total. The van der Waals surface area contributed by atoms with Crippen LogP contribution in [0.4, 0.5) is 17.6 Å². The second-order valence-electron chi connectivity index (χ2n) is 7.62. The summed E-state index contributed by atoms with van der Waals surface area (Å²) in [7, 11) is 1.54. The van der Waals surface area contributed by atoms with E-state index >= 15 is 0 Å². The van der Waals surface area contributed by atoms with E-state index in [1.807, 2.05) is 30.3 Å². The summed E-state index contributed by atoms with van der Waals surface area (Å²) in [6, 6.07) is 15.6. The first-order chi connectivity index (χ1) is 17.3. The van der Waals surface area contributed by atoms with Crippen molar-refractivity contribution < 1.29 is 31.8 Å². The highest BCUT2D eigenvalue weighted by atomic mass is 35.5. The van der Waals surface area contributed by atoms with Crippen LogP contribution in [0.5, 0.6) is 11.5 Å². The van der Waals surface area contributed by atoms with Crippen LogP contribution in [-0.2, 0) is 4.79 Å². The lowest BCUT2D eigenvalue weighted by molar-refractivity contribution is -0.122. The molecule has 0 aliphatic heterocycles. The van der Waals surface area contributed by atoms with Crippen LogP contribution in [0.15, 0.2) is 66.9 Å². The number of alkyl halides is 4. The Bertz CT molecular complexity index is 1120. The third kappa shape index (κ3) is 7.56. The van der Waals surface area contributed by atoms with Crippen molar-refractivity contribution in [3.05, 3.63) is 88.7 Å². The molecule has 11 heteroatoms. The summed E-state index contributed by atoms with van der Waals surface area (Å²) < 4.78 is 60.2. The number of hydrogen-bond acceptors (Lipinski definition) is 5. The van der Waals surface area contributed by atoms with Crippen molar-refractivity contribution >= 4 is 17.5 Å². The van der Waals surface area contributed by atoms with Crippen LogP contribution in [0.2, 0.25) is 5.02 Å². The van der Waals surface area contributed by atoms with Crippen molar-refractivity contribution in [1.29, 1.82) is 0 Å². The fourth-order valence-corrected chi connectivity index (χ4v) is 3.84. The van der Waals surface area contributed by atoms with Gasteiger partial charge in [-0.15, -0.1) is 0 Å². The molecule has 36 heavy (non-hydrogen) atoms. The summed E-state index contributed by atoms with van der Waals surface area (Å²) in [5, 5.41) is 6.24. The van der Waals surface area contributed by atoms with Crippen molar-refractivity contribution in [1.82, 2.24) is 15.6 Å². The van der Waals surface area contributed by atoms with Crippen LogP contribution in [0.1, 0.15) is 35.2 Å². The zero-order valence-electron chi connectivity index (χ0n) is 19.1. The molecule has 1 heterocycles. The van der Waals surface area contributed by atoms with Gasteiger partial charge in [0.2, 0.25) is 5.91 Å². The van der Waals surface area contributed by atoms with Gasteiger partial charge < -0.3 is 20.1 Å². The fraction of sp³-hybridized carbons (Fsp3) is 0.280. The summed E-state index contributed by atoms with van der Waals surface area (Å²) >= 11 is 5.97. The molecule has 2 atom stereocenters. The number of amides is 1. The number of aromatic nitrogens is 1. The quantitative estimate of drug-likeness (QED) is 0.304. The minimum atomic E-state index is -3.24. The Morgan fingerprint density at radius 3 is 2.25 bits per heavy atom. The first-order valence-corrected chi connectivity index (χ1v) is 11.3. The SMILES string of the molecule is CNC(=O)[C@H](NCC[C@@H](c1ccc(OC(F)F)c(OC(F)F)c1)c1ccc(Cl)cn1)c1ccccc1. The molecule has 1 amide bonds. The van der Waals surface area contributed by atoms with Crippen molar-refractivity contribution in [3.8, 4) is 11.5 Å². The van der Waals surface area contributed by atoms with Crippen molar-refractivity contribution in [3.63, 3.8) is 0 Å². The van der Waals surface area contributed by atoms with Crippen LogP contribution >= 0.6 is 11.6 Å². The van der Waals surface area contributed by atoms with Gasteiger partial charge in [-0.05, 0) is 48.4 Å². The molecule has 0 aliphatic rings. The second-order valence-corrected chi connectivity index (χ2v) is 8.05. The number of ether oxygens (including phenoxy) is 2. The number of benzene rings is 2. The summed E-state index contributed by atoms with van der Waals surface area (Å²) in [5.41, 5.74) is 1.79. The standard InChI is InChI=1S/C25H24ClF4N3O3/c1-31-23(34)22(15-5-3-2-4-6-15)32-12-11-18(19-9-8-17(26)14-33-19)16-7-10-20(35-24(27)28)21(13-16)36-25(29)30/h2-10,13-14,18,22,24-25,32H,11-12H2,1H3,(H,31,34)/t18-,22+/m0/s1. The molecule has 1 aromatic heterocycles. The Morgan fingerprint density at radius 1 is 0.944 bits per heavy atom. The second kappa shape index (κ2) is 13.1. The molecule has 3 aromatic rings. The first-order valence-electron chi connectivity index (χ1n) is 10.9. The van der Waals surface area contributed by atoms with Gasteiger partial charge in [0.05, 0.1) is 5.02 Å². The number of carbonyl (C=O) groups is 1. The van der Waals surface area contributed by atoms with E-state index in [9.17, 15) is 22.4 Å². The van der Waals surface area contributed by atoms with Gasteiger partial charge in [0.25, 0.3) is 0 Å². The largest absolute Gasteiger partial charge is 0.431 e. The summed E-state index contributed by atoms with van der Waals surface area (Å²) in [6.07, 6.45) is 1.82. The Balaban J connectivity index is 1.89. The normalized spacial score (nSPS) is 12.9. The highest BCUT2D eigenvalue weighted by molar-refractivity contribution is 6.30. The van der Waals surface area contributed by atoms with Crippen LogP contribution in [0, 0.1) is 0 Å². The Kier molecular flexibility index (Phi) is 9.89. The van der Waals surface area contributed by atoms with Crippen molar-refractivity contribution in [2.24, 2.45) is 0 Å². The third-order valence-corrected chi connectivity index (χ3v) is 5.56. The number of pyridine rings is 1. The van der Waals surface area contributed by atoms with Crippen molar-refractivity contribution in [2.45, 2.75) is 31.6 Å². The van der Waals surface area contributed by atoms with E-state index in [-0.39, 0.29) is 5.91 Å². The van der Waals surface area contributed by atoms with E-state index in [4.69, 9.17) is 11.6 Å². The van der Waals surface area contributed by atoms with Crippen molar-refractivity contribution in [2.75, 3.05) is 13.6 Å². The molecule has 0 bridgehead atoms. The highest BCUT2D eigenvalue weighted by Gasteiger charge is 2.23. The minimum Gasteiger partial charge on any atom is -0.431 e. The van der Waals surface area contributed by atoms with Crippen LogP contribution in [0.25, 0.3) is 0 Å². The zero-order valence-corrected chi connectivity index (χ0v) is 19.9. The number of rotatable bonds is 12. The van der Waals surface area contributed by atoms with Gasteiger partial charge in [-0.25, -0.2) is 0 Å². The molecular weight excluding hydrogens is 502 g/mol. The predicted octanol–water partition coefficient (Wildman–Crippen LogP) is 5.54. The lowest BCUT2D eigenvalue weighted by Gasteiger charge is -2.22. The van der Waals surface area contributed by atoms with E-state index in [0.717, 1.165) is 11.6 Å². The average molecular weight is 526 g/mol. The smallest absolute Gasteiger partial charge is 0.387 e. The number of nitrogens with zero attached hydrogens (tertiary/aromatic N) is 1. The minimum absolute atomic E-state index is 0.233. The zero-order chi connectivity index (χ0) is 26.1. The molecule has 0 radical (unpaired) electrons. The van der Waals surface area contributed by atoms with E-state index in [1.54, 1.807) is 12.1 Å². The molecule has 0 unspecified atom stereocenters. The highest BCUT2D eigenvalue weighted by Crippen LogP contribution is 2.36. The molecule has 0 fully saturated rings. The van der Waals surface area contributed by atoms with Gasteiger partial charge in [-0.2, -0.15) is 17.6 Å². The van der Waals surface area contributed by atoms with Gasteiger partial charge >= 0.3 is 13.2 Å². The lowest BCUT2D eigenvalue weighted by atomic mass is 9.91. The number of likely N-dealkylation sites (N-methyl/N-ethyl adjacent to an activating group) is 1. The molecule has 0 aliphatic carbocycles. The van der Waals surface area contributed by atoms with E-state index < -0.39 is 36.7 Å². The van der Waals surface area contributed by atoms with E-state index in [2.05, 4.69) is 25.1 Å². The molecule has 0 spiro atoms. The molecule has 3 rings (SSSR count). The first kappa shape index (κ1) is 27.2. The Morgan fingerprint density at radius 2 is 1.64 bits per heavy atom. The third-order valence-electron chi connectivity index (χ3n) is 5.33. The van der Waals surface area contributed by atoms with E-state index in [1.165, 1.54) is 25.4 Å². The number of nitrogens with one attached hydrogen (secondary N) is 2. The maximum Gasteiger partial charge on any atom is 0.387 e. The monoisotopic (exact) mass is 525 g/mol. The van der Waals surface area contributed by atoms with Crippen LogP contribution in [0.3, 0.4) is 0 Å². The van der Waals surface area contributed by atoms with Gasteiger partial charge in [-0.1, -0.05) is 48.0 Å². The van der Waals surface area contributed by atoms with Gasteiger partial charge in [0, 0.05) is 24.9 Å². The maximum absolute atomic E-state index is 13.0. The number of hydrogen-bond donors (Lipinski definition) is 2. The summed E-state index contributed by atoms with van der Waals surface area (Å²) in [6.45, 7) is -6.14. The summed E-state index contributed by atoms with van der Waals surface area (Å²) in [5.74, 6) is -1.75. The fourth-order valence-electron chi connectivity index (χ4n) is 3.73. The average Bonchev–Trinajstić information content (AvgIpc) is 2.85. The van der Waals surface area contributed by atoms with E-state index in [0.29, 0.717) is 29.2 Å². The molecule has 2 aromatic carbocycles. The Labute approximate surface area is 210 Å². The Hall–Kier alpha value is -3.37.